The van der Waals surface area contributed by atoms with Gasteiger partial charge in [0, 0.05) is 0 Å². The highest BCUT2D eigenvalue weighted by molar-refractivity contribution is 5.94. The van der Waals surface area contributed by atoms with Crippen molar-refractivity contribution in [2.24, 2.45) is 0 Å². The molecule has 0 atom stereocenters. The van der Waals surface area contributed by atoms with Gasteiger partial charge in [0.1, 0.15) is 0 Å². The third kappa shape index (κ3) is 2.90. The van der Waals surface area contributed by atoms with E-state index in [0.29, 0.717) is 0 Å². The van der Waals surface area contributed by atoms with Crippen molar-refractivity contribution < 1.29 is 27.9 Å². The number of halogens is 3. The zero-order valence-corrected chi connectivity index (χ0v) is 7.45. The van der Waals surface area contributed by atoms with Gasteiger partial charge < -0.3 is 10.4 Å². The van der Waals surface area contributed by atoms with Gasteiger partial charge in [0.05, 0.1) is 0 Å². The second-order valence-electron chi connectivity index (χ2n) is 2.56. The van der Waals surface area contributed by atoms with Crippen molar-refractivity contribution in [2.45, 2.75) is 6.18 Å². The summed E-state index contributed by atoms with van der Waals surface area (Å²) in [6, 6.07) is 1.82. The second-order valence-corrected chi connectivity index (χ2v) is 2.56. The Hall–Kier alpha value is -2.19. The maximum Gasteiger partial charge on any atom is 0.471 e. The van der Waals surface area contributed by atoms with Crippen molar-refractivity contribution in [2.75, 3.05) is 5.32 Å². The molecule has 0 aliphatic heterocycles. The van der Waals surface area contributed by atoms with Gasteiger partial charge in [-0.05, 0) is 12.1 Å². The van der Waals surface area contributed by atoms with Crippen LogP contribution in [0.5, 0.6) is 0 Å². The van der Waals surface area contributed by atoms with Crippen molar-refractivity contribution in [3.05, 3.63) is 17.8 Å². The van der Waals surface area contributed by atoms with E-state index in [0.717, 1.165) is 12.1 Å². The predicted molar refractivity (Wildman–Crippen MR) is 43.7 cm³/mol. The zero-order valence-electron chi connectivity index (χ0n) is 7.45. The number of carbonyl (C=O) groups is 2. The number of anilines is 1. The summed E-state index contributed by atoms with van der Waals surface area (Å²) in [4.78, 5) is 20.8. The molecule has 9 heteroatoms. The number of aromatic nitrogens is 2. The fraction of sp³-hybridized carbons (Fsp3) is 0.143. The first-order valence-electron chi connectivity index (χ1n) is 3.76. The van der Waals surface area contributed by atoms with E-state index in [1.54, 1.807) is 0 Å². The number of carbonyl (C=O) groups excluding carboxylic acids is 1. The molecule has 0 saturated carbocycles. The van der Waals surface area contributed by atoms with Crippen LogP contribution in [0.1, 0.15) is 10.5 Å². The largest absolute Gasteiger partial charge is 0.476 e. The Labute approximate surface area is 86.1 Å². The quantitative estimate of drug-likeness (QED) is 0.786. The van der Waals surface area contributed by atoms with Crippen molar-refractivity contribution in [1.29, 1.82) is 0 Å². The fourth-order valence-corrected chi connectivity index (χ4v) is 0.700. The monoisotopic (exact) mass is 235 g/mol. The third-order valence-corrected chi connectivity index (χ3v) is 1.38. The van der Waals surface area contributed by atoms with E-state index in [-0.39, 0.29) is 0 Å². The average molecular weight is 235 g/mol. The highest BCUT2D eigenvalue weighted by atomic mass is 19.4. The number of hydrogen-bond donors (Lipinski definition) is 2. The molecule has 1 aromatic heterocycles. The molecule has 0 aromatic carbocycles. The fourth-order valence-electron chi connectivity index (χ4n) is 0.700. The van der Waals surface area contributed by atoms with Crippen molar-refractivity contribution in [3.8, 4) is 0 Å². The molecule has 1 aromatic rings. The molecular weight excluding hydrogens is 231 g/mol. The molecule has 1 heterocycles. The molecule has 0 aliphatic carbocycles. The lowest BCUT2D eigenvalue weighted by Gasteiger charge is -2.06. The number of rotatable bonds is 2. The molecule has 0 fully saturated rings. The Morgan fingerprint density at radius 3 is 2.25 bits per heavy atom. The van der Waals surface area contributed by atoms with E-state index in [9.17, 15) is 22.8 Å². The Morgan fingerprint density at radius 1 is 1.25 bits per heavy atom. The standard InChI is InChI=1S/C7H4F3N3O3/c8-7(9,10)6(16)11-4-2-1-3(5(14)15)12-13-4/h1-2H,(H,14,15)(H,11,13,16). The van der Waals surface area contributed by atoms with E-state index in [2.05, 4.69) is 10.2 Å². The van der Waals surface area contributed by atoms with Gasteiger partial charge >= 0.3 is 18.1 Å². The maximum absolute atomic E-state index is 11.8. The normalized spacial score (nSPS) is 10.9. The van der Waals surface area contributed by atoms with Gasteiger partial charge in [-0.3, -0.25) is 4.79 Å². The van der Waals surface area contributed by atoms with Crippen LogP contribution in [0.3, 0.4) is 0 Å². The first kappa shape index (κ1) is 11.9. The Bertz CT molecular complexity index is 415. The Balaban J connectivity index is 2.77. The molecule has 1 rings (SSSR count). The number of hydrogen-bond acceptors (Lipinski definition) is 4. The summed E-state index contributed by atoms with van der Waals surface area (Å²) < 4.78 is 35.4. The molecule has 16 heavy (non-hydrogen) atoms. The maximum atomic E-state index is 11.8. The Kier molecular flexibility index (Phi) is 3.06. The van der Waals surface area contributed by atoms with Crippen LogP contribution in [0.25, 0.3) is 0 Å². The lowest BCUT2D eigenvalue weighted by atomic mass is 10.4. The van der Waals surface area contributed by atoms with E-state index < -0.39 is 29.6 Å². The van der Waals surface area contributed by atoms with Gasteiger partial charge in [-0.25, -0.2) is 4.79 Å². The summed E-state index contributed by atoms with van der Waals surface area (Å²) in [6.07, 6.45) is -5.03. The first-order valence-corrected chi connectivity index (χ1v) is 3.76. The van der Waals surface area contributed by atoms with E-state index in [1.165, 1.54) is 5.32 Å². The van der Waals surface area contributed by atoms with E-state index >= 15 is 0 Å². The third-order valence-electron chi connectivity index (χ3n) is 1.38. The van der Waals surface area contributed by atoms with Crippen LogP contribution in [-0.4, -0.2) is 33.4 Å². The van der Waals surface area contributed by atoms with Crippen LogP contribution < -0.4 is 5.32 Å². The number of amides is 1. The lowest BCUT2D eigenvalue weighted by Crippen LogP contribution is -2.30. The van der Waals surface area contributed by atoms with Crippen LogP contribution >= 0.6 is 0 Å². The highest BCUT2D eigenvalue weighted by Crippen LogP contribution is 2.16. The van der Waals surface area contributed by atoms with Crippen molar-refractivity contribution in [1.82, 2.24) is 10.2 Å². The van der Waals surface area contributed by atoms with Crippen LogP contribution in [0.2, 0.25) is 0 Å². The van der Waals surface area contributed by atoms with Crippen LogP contribution in [-0.2, 0) is 4.79 Å². The number of aromatic carboxylic acids is 1. The first-order chi connectivity index (χ1) is 7.30. The smallest absolute Gasteiger partial charge is 0.471 e. The highest BCUT2D eigenvalue weighted by Gasteiger charge is 2.38. The molecule has 1 amide bonds. The summed E-state index contributed by atoms with van der Waals surface area (Å²) >= 11 is 0. The van der Waals surface area contributed by atoms with E-state index in [1.807, 2.05) is 0 Å². The molecule has 6 nitrogen and oxygen atoms in total. The molecule has 0 radical (unpaired) electrons. The molecule has 0 spiro atoms. The van der Waals surface area contributed by atoms with Gasteiger partial charge in [-0.15, -0.1) is 10.2 Å². The predicted octanol–water partition coefficient (Wildman–Crippen LogP) is 0.676. The number of nitrogens with one attached hydrogen (secondary N) is 1. The topological polar surface area (TPSA) is 92.2 Å². The summed E-state index contributed by atoms with van der Waals surface area (Å²) in [6.45, 7) is 0. The SMILES string of the molecule is O=C(O)c1ccc(NC(=O)C(F)(F)F)nn1. The summed E-state index contributed by atoms with van der Waals surface area (Å²) in [5, 5.41) is 16.0. The van der Waals surface area contributed by atoms with Crippen LogP contribution in [0.4, 0.5) is 19.0 Å². The number of nitrogens with zero attached hydrogens (tertiary/aromatic N) is 2. The summed E-state index contributed by atoms with van der Waals surface area (Å²) in [5.41, 5.74) is -0.440. The minimum atomic E-state index is -5.03. The van der Waals surface area contributed by atoms with Gasteiger partial charge in [-0.2, -0.15) is 13.2 Å². The molecule has 0 aliphatic rings. The lowest BCUT2D eigenvalue weighted by molar-refractivity contribution is -0.167. The minimum Gasteiger partial charge on any atom is -0.476 e. The molecule has 0 bridgehead atoms. The average Bonchev–Trinajstić information content (AvgIpc) is 2.17. The molecule has 0 saturated heterocycles. The van der Waals surface area contributed by atoms with Gasteiger partial charge in [0.2, 0.25) is 0 Å². The van der Waals surface area contributed by atoms with Gasteiger partial charge in [0.25, 0.3) is 0 Å². The van der Waals surface area contributed by atoms with Crippen molar-refractivity contribution in [3.63, 3.8) is 0 Å². The number of carboxylic acids is 1. The zero-order chi connectivity index (χ0) is 12.3. The van der Waals surface area contributed by atoms with Gasteiger partial charge in [-0.1, -0.05) is 0 Å². The summed E-state index contributed by atoms with van der Waals surface area (Å²) in [7, 11) is 0. The Morgan fingerprint density at radius 2 is 1.88 bits per heavy atom. The minimum absolute atomic E-state index is 0.440. The van der Waals surface area contributed by atoms with Gasteiger partial charge in [0.15, 0.2) is 11.5 Å². The van der Waals surface area contributed by atoms with Crippen LogP contribution in [0.15, 0.2) is 12.1 Å². The number of carboxylic acid groups (broad SMARTS) is 1. The number of alkyl halides is 3. The molecular formula is C7H4F3N3O3. The van der Waals surface area contributed by atoms with E-state index in [4.69, 9.17) is 5.11 Å². The van der Waals surface area contributed by atoms with Crippen molar-refractivity contribution >= 4 is 17.7 Å². The second kappa shape index (κ2) is 4.13. The van der Waals surface area contributed by atoms with Crippen LogP contribution in [0, 0.1) is 0 Å². The molecule has 86 valence electrons. The molecule has 2 N–H and O–H groups in total. The summed E-state index contributed by atoms with van der Waals surface area (Å²) in [5.74, 6) is -4.06. The molecule has 0 unspecified atom stereocenters.